The molecule has 1 aromatic rings. The van der Waals surface area contributed by atoms with Crippen LogP contribution in [-0.2, 0) is 4.79 Å². The third kappa shape index (κ3) is 2.74. The van der Waals surface area contributed by atoms with Crippen LogP contribution in [0.4, 0.5) is 5.69 Å². The van der Waals surface area contributed by atoms with E-state index in [0.717, 1.165) is 5.69 Å². The fourth-order valence-electron chi connectivity index (χ4n) is 0.906. The fourth-order valence-corrected chi connectivity index (χ4v) is 0.906. The van der Waals surface area contributed by atoms with Crippen molar-refractivity contribution in [3.05, 3.63) is 37.3 Å². The molecule has 2 heteroatoms. The summed E-state index contributed by atoms with van der Waals surface area (Å²) in [5.41, 5.74) is 0.843. The van der Waals surface area contributed by atoms with Gasteiger partial charge in [-0.05, 0) is 18.6 Å². The van der Waals surface area contributed by atoms with Gasteiger partial charge in [-0.2, -0.15) is 0 Å². The lowest BCUT2D eigenvalue weighted by atomic mass is 10.3. The van der Waals surface area contributed by atoms with Gasteiger partial charge in [0.1, 0.15) is 0 Å². The van der Waals surface area contributed by atoms with Gasteiger partial charge in [0.2, 0.25) is 5.91 Å². The molecule has 0 unspecified atom stereocenters. The Bertz CT molecular complexity index is 243. The summed E-state index contributed by atoms with van der Waals surface area (Å²) in [5.74, 6) is 0.0243. The summed E-state index contributed by atoms with van der Waals surface area (Å²) in [4.78, 5) is 11.1. The monoisotopic (exact) mass is 162 g/mol. The van der Waals surface area contributed by atoms with E-state index in [2.05, 4.69) is 12.2 Å². The smallest absolute Gasteiger partial charge is 0.224 e. The highest BCUT2D eigenvalue weighted by Crippen LogP contribution is 2.05. The molecule has 1 rings (SSSR count). The lowest BCUT2D eigenvalue weighted by Gasteiger charge is -2.02. The first kappa shape index (κ1) is 8.78. The van der Waals surface area contributed by atoms with Crippen molar-refractivity contribution in [2.45, 2.75) is 12.8 Å². The van der Waals surface area contributed by atoms with E-state index < -0.39 is 0 Å². The maximum Gasteiger partial charge on any atom is 0.224 e. The molecule has 2 nitrogen and oxygen atoms in total. The molecule has 1 radical (unpaired) electrons. The average molecular weight is 162 g/mol. The van der Waals surface area contributed by atoms with Crippen LogP contribution in [-0.4, -0.2) is 5.91 Å². The summed E-state index contributed by atoms with van der Waals surface area (Å²) in [6.45, 7) is 3.61. The molecule has 0 heterocycles. The maximum absolute atomic E-state index is 11.1. The fraction of sp³-hybridized carbons (Fsp3) is 0.200. The molecule has 0 atom stereocenters. The number of amides is 1. The summed E-state index contributed by atoms with van der Waals surface area (Å²) in [7, 11) is 0. The molecule has 0 aliphatic rings. The molecule has 0 fully saturated rings. The van der Waals surface area contributed by atoms with E-state index in [9.17, 15) is 4.79 Å². The average Bonchev–Trinajstić information content (AvgIpc) is 2.06. The Morgan fingerprint density at radius 3 is 2.58 bits per heavy atom. The lowest BCUT2D eigenvalue weighted by Crippen LogP contribution is -2.10. The maximum atomic E-state index is 11.1. The third-order valence-electron chi connectivity index (χ3n) is 1.46. The van der Waals surface area contributed by atoms with Crippen molar-refractivity contribution in [2.24, 2.45) is 0 Å². The molecule has 0 aliphatic carbocycles. The zero-order chi connectivity index (χ0) is 8.81. The molecule has 0 saturated carbocycles. The van der Waals surface area contributed by atoms with E-state index in [0.29, 0.717) is 12.8 Å². The Morgan fingerprint density at radius 1 is 1.33 bits per heavy atom. The predicted octanol–water partition coefficient (Wildman–Crippen LogP) is 2.24. The molecule has 1 N–H and O–H groups in total. The largest absolute Gasteiger partial charge is 0.326 e. The number of hydrogen-bond donors (Lipinski definition) is 1. The van der Waals surface area contributed by atoms with Gasteiger partial charge in [-0.25, -0.2) is 0 Å². The van der Waals surface area contributed by atoms with Gasteiger partial charge in [-0.15, -0.1) is 0 Å². The van der Waals surface area contributed by atoms with Crippen LogP contribution in [0.25, 0.3) is 0 Å². The number of hydrogen-bond acceptors (Lipinski definition) is 1. The van der Waals surface area contributed by atoms with E-state index in [4.69, 9.17) is 0 Å². The molecule has 0 aliphatic heterocycles. The Kier molecular flexibility index (Phi) is 3.33. The van der Waals surface area contributed by atoms with Crippen LogP contribution >= 0.6 is 0 Å². The van der Waals surface area contributed by atoms with Gasteiger partial charge in [0, 0.05) is 12.1 Å². The highest BCUT2D eigenvalue weighted by Gasteiger charge is 1.98. The quantitative estimate of drug-likeness (QED) is 0.725. The van der Waals surface area contributed by atoms with Crippen LogP contribution in [0.15, 0.2) is 30.3 Å². The predicted molar refractivity (Wildman–Crippen MR) is 49.7 cm³/mol. The number of rotatable bonds is 3. The molecule has 0 saturated heterocycles. The SMILES string of the molecule is [CH2]CCC(=O)Nc1ccccc1. The van der Waals surface area contributed by atoms with Crippen LogP contribution in [0, 0.1) is 6.92 Å². The van der Waals surface area contributed by atoms with Crippen LogP contribution in [0.1, 0.15) is 12.8 Å². The highest BCUT2D eigenvalue weighted by atomic mass is 16.1. The Labute approximate surface area is 72.6 Å². The third-order valence-corrected chi connectivity index (χ3v) is 1.46. The summed E-state index contributed by atoms with van der Waals surface area (Å²) in [6, 6.07) is 9.42. The van der Waals surface area contributed by atoms with Crippen molar-refractivity contribution >= 4 is 11.6 Å². The number of nitrogens with one attached hydrogen (secondary N) is 1. The van der Waals surface area contributed by atoms with Crippen molar-refractivity contribution in [1.82, 2.24) is 0 Å². The molecule has 1 aromatic carbocycles. The Hall–Kier alpha value is -1.31. The first-order chi connectivity index (χ1) is 5.83. The second-order valence-corrected chi connectivity index (χ2v) is 2.52. The van der Waals surface area contributed by atoms with E-state index in [1.165, 1.54) is 0 Å². The second kappa shape index (κ2) is 4.54. The molecular weight excluding hydrogens is 150 g/mol. The molecule has 0 aromatic heterocycles. The summed E-state index contributed by atoms with van der Waals surface area (Å²) >= 11 is 0. The first-order valence-electron chi connectivity index (χ1n) is 3.97. The van der Waals surface area contributed by atoms with E-state index in [-0.39, 0.29) is 5.91 Å². The van der Waals surface area contributed by atoms with E-state index >= 15 is 0 Å². The first-order valence-corrected chi connectivity index (χ1v) is 3.97. The van der Waals surface area contributed by atoms with Crippen LogP contribution in [0.5, 0.6) is 0 Å². The summed E-state index contributed by atoms with van der Waals surface area (Å²) < 4.78 is 0. The molecule has 0 bridgehead atoms. The van der Waals surface area contributed by atoms with Gasteiger partial charge >= 0.3 is 0 Å². The molecular formula is C10H12NO. The number of anilines is 1. The van der Waals surface area contributed by atoms with Gasteiger partial charge in [0.25, 0.3) is 0 Å². The lowest BCUT2D eigenvalue weighted by molar-refractivity contribution is -0.116. The van der Waals surface area contributed by atoms with Gasteiger partial charge < -0.3 is 5.32 Å². The van der Waals surface area contributed by atoms with Crippen molar-refractivity contribution in [2.75, 3.05) is 5.32 Å². The van der Waals surface area contributed by atoms with Crippen molar-refractivity contribution in [3.8, 4) is 0 Å². The molecule has 12 heavy (non-hydrogen) atoms. The second-order valence-electron chi connectivity index (χ2n) is 2.52. The van der Waals surface area contributed by atoms with Gasteiger partial charge in [-0.3, -0.25) is 4.79 Å². The van der Waals surface area contributed by atoms with Crippen LogP contribution < -0.4 is 5.32 Å². The van der Waals surface area contributed by atoms with Crippen molar-refractivity contribution in [1.29, 1.82) is 0 Å². The standard InChI is InChI=1S/C10H12NO/c1-2-6-10(12)11-9-7-4-3-5-8-9/h3-5,7-8H,1-2,6H2,(H,11,12). The molecule has 0 spiro atoms. The number of carbonyl (C=O) groups is 1. The van der Waals surface area contributed by atoms with Crippen molar-refractivity contribution < 1.29 is 4.79 Å². The van der Waals surface area contributed by atoms with Gasteiger partial charge in [-0.1, -0.05) is 25.1 Å². The minimum atomic E-state index is 0.0243. The van der Waals surface area contributed by atoms with E-state index in [1.807, 2.05) is 30.3 Å². The zero-order valence-electron chi connectivity index (χ0n) is 6.92. The molecule has 1 amide bonds. The number of benzene rings is 1. The minimum Gasteiger partial charge on any atom is -0.326 e. The summed E-state index contributed by atoms with van der Waals surface area (Å²) in [5, 5.41) is 2.76. The number of carbonyl (C=O) groups excluding carboxylic acids is 1. The minimum absolute atomic E-state index is 0.0243. The highest BCUT2D eigenvalue weighted by molar-refractivity contribution is 5.90. The van der Waals surface area contributed by atoms with Crippen LogP contribution in [0.3, 0.4) is 0 Å². The zero-order valence-corrected chi connectivity index (χ0v) is 6.92. The van der Waals surface area contributed by atoms with Crippen LogP contribution in [0.2, 0.25) is 0 Å². The topological polar surface area (TPSA) is 29.1 Å². The van der Waals surface area contributed by atoms with Crippen molar-refractivity contribution in [3.63, 3.8) is 0 Å². The Balaban J connectivity index is 2.47. The normalized spacial score (nSPS) is 9.42. The van der Waals surface area contributed by atoms with Gasteiger partial charge in [0.05, 0.1) is 0 Å². The van der Waals surface area contributed by atoms with Gasteiger partial charge in [0.15, 0.2) is 0 Å². The number of para-hydroxylation sites is 1. The summed E-state index contributed by atoms with van der Waals surface area (Å²) in [6.07, 6.45) is 1.12. The molecule has 63 valence electrons. The Morgan fingerprint density at radius 2 is 2.00 bits per heavy atom. The van der Waals surface area contributed by atoms with E-state index in [1.54, 1.807) is 0 Å².